The number of phenolic OH excluding ortho intramolecular Hbond substituents is 1. The van der Waals surface area contributed by atoms with Gasteiger partial charge in [-0.2, -0.15) is 0 Å². The van der Waals surface area contributed by atoms with Gasteiger partial charge in [0.2, 0.25) is 0 Å². The van der Waals surface area contributed by atoms with Crippen LogP contribution < -0.4 is 0 Å². The Morgan fingerprint density at radius 2 is 1.94 bits per heavy atom. The summed E-state index contributed by atoms with van der Waals surface area (Å²) in [6, 6.07) is 7.01. The Morgan fingerprint density at radius 1 is 1.25 bits per heavy atom. The molecule has 4 heteroatoms. The van der Waals surface area contributed by atoms with Gasteiger partial charge in [-0.3, -0.25) is 0 Å². The standard InChI is InChI=1S/C12H16O3S/c13-12-5-3-10(4-6-12)8-11-2-1-7-16(14,15)9-11/h3-6,11,13H,1-2,7-9H2. The van der Waals surface area contributed by atoms with Gasteiger partial charge in [0.15, 0.2) is 9.84 Å². The van der Waals surface area contributed by atoms with Crippen LogP contribution in [0, 0.1) is 5.92 Å². The van der Waals surface area contributed by atoms with Gasteiger partial charge in [0, 0.05) is 0 Å². The molecule has 1 unspecified atom stereocenters. The molecule has 1 heterocycles. The third-order valence-corrected chi connectivity index (χ3v) is 4.91. The molecule has 1 aliphatic heterocycles. The molecular formula is C12H16O3S. The van der Waals surface area contributed by atoms with Crippen molar-refractivity contribution < 1.29 is 13.5 Å². The van der Waals surface area contributed by atoms with Gasteiger partial charge in [-0.05, 0) is 42.9 Å². The van der Waals surface area contributed by atoms with Crippen LogP contribution in [-0.2, 0) is 16.3 Å². The van der Waals surface area contributed by atoms with E-state index in [2.05, 4.69) is 0 Å². The molecule has 0 amide bonds. The lowest BCUT2D eigenvalue weighted by Crippen LogP contribution is -2.26. The Morgan fingerprint density at radius 3 is 2.56 bits per heavy atom. The van der Waals surface area contributed by atoms with E-state index in [1.807, 2.05) is 12.1 Å². The monoisotopic (exact) mass is 240 g/mol. The lowest BCUT2D eigenvalue weighted by atomic mass is 9.96. The van der Waals surface area contributed by atoms with Crippen molar-refractivity contribution in [2.24, 2.45) is 5.92 Å². The van der Waals surface area contributed by atoms with Crippen LogP contribution in [0.5, 0.6) is 5.75 Å². The Balaban J connectivity index is 2.02. The number of aromatic hydroxyl groups is 1. The summed E-state index contributed by atoms with van der Waals surface area (Å²) in [5, 5.41) is 9.15. The molecule has 0 aliphatic carbocycles. The van der Waals surface area contributed by atoms with Crippen molar-refractivity contribution in [1.29, 1.82) is 0 Å². The van der Waals surface area contributed by atoms with Crippen molar-refractivity contribution in [3.63, 3.8) is 0 Å². The van der Waals surface area contributed by atoms with Crippen LogP contribution in [0.25, 0.3) is 0 Å². The molecule has 1 saturated heterocycles. The number of phenols is 1. The lowest BCUT2D eigenvalue weighted by molar-refractivity contribution is 0.471. The Kier molecular flexibility index (Phi) is 3.19. The number of hydrogen-bond acceptors (Lipinski definition) is 3. The Bertz CT molecular complexity index is 448. The fraction of sp³-hybridized carbons (Fsp3) is 0.500. The molecule has 1 aliphatic rings. The fourth-order valence-electron chi connectivity index (χ4n) is 2.24. The van der Waals surface area contributed by atoms with Gasteiger partial charge >= 0.3 is 0 Å². The minimum Gasteiger partial charge on any atom is -0.508 e. The van der Waals surface area contributed by atoms with E-state index in [0.29, 0.717) is 11.5 Å². The summed E-state index contributed by atoms with van der Waals surface area (Å²) in [6.45, 7) is 0. The highest BCUT2D eigenvalue weighted by Crippen LogP contribution is 2.23. The lowest BCUT2D eigenvalue weighted by Gasteiger charge is -2.21. The maximum atomic E-state index is 11.5. The van der Waals surface area contributed by atoms with Crippen LogP contribution in [0.3, 0.4) is 0 Å². The van der Waals surface area contributed by atoms with Crippen molar-refractivity contribution in [2.45, 2.75) is 19.3 Å². The molecule has 0 aromatic heterocycles. The number of benzene rings is 1. The van der Waals surface area contributed by atoms with Gasteiger partial charge in [-0.1, -0.05) is 12.1 Å². The average Bonchev–Trinajstić information content (AvgIpc) is 2.20. The highest BCUT2D eigenvalue weighted by molar-refractivity contribution is 7.91. The smallest absolute Gasteiger partial charge is 0.150 e. The topological polar surface area (TPSA) is 54.4 Å². The normalized spacial score (nSPS) is 24.1. The van der Waals surface area contributed by atoms with Crippen molar-refractivity contribution in [3.05, 3.63) is 29.8 Å². The Labute approximate surface area is 96.0 Å². The second-order valence-corrected chi connectivity index (χ2v) is 6.72. The summed E-state index contributed by atoms with van der Waals surface area (Å²) in [5.41, 5.74) is 1.10. The predicted molar refractivity (Wildman–Crippen MR) is 63.2 cm³/mol. The van der Waals surface area contributed by atoms with Gasteiger partial charge in [-0.15, -0.1) is 0 Å². The molecule has 88 valence electrons. The van der Waals surface area contributed by atoms with E-state index in [4.69, 9.17) is 5.11 Å². The van der Waals surface area contributed by atoms with E-state index in [1.54, 1.807) is 12.1 Å². The van der Waals surface area contributed by atoms with Crippen LogP contribution in [0.15, 0.2) is 24.3 Å². The molecule has 1 aromatic carbocycles. The van der Waals surface area contributed by atoms with Gasteiger partial charge in [0.25, 0.3) is 0 Å². The quantitative estimate of drug-likeness (QED) is 0.857. The van der Waals surface area contributed by atoms with E-state index in [1.165, 1.54) is 0 Å². The van der Waals surface area contributed by atoms with Crippen molar-refractivity contribution >= 4 is 9.84 Å². The van der Waals surface area contributed by atoms with E-state index < -0.39 is 9.84 Å². The maximum Gasteiger partial charge on any atom is 0.150 e. The van der Waals surface area contributed by atoms with Crippen molar-refractivity contribution in [1.82, 2.24) is 0 Å². The van der Waals surface area contributed by atoms with Crippen LogP contribution >= 0.6 is 0 Å². The first-order chi connectivity index (χ1) is 7.55. The van der Waals surface area contributed by atoms with Crippen molar-refractivity contribution in [2.75, 3.05) is 11.5 Å². The van der Waals surface area contributed by atoms with Gasteiger partial charge in [0.05, 0.1) is 11.5 Å². The third kappa shape index (κ3) is 2.98. The first kappa shape index (κ1) is 11.5. The van der Waals surface area contributed by atoms with Crippen molar-refractivity contribution in [3.8, 4) is 5.75 Å². The minimum atomic E-state index is -2.81. The first-order valence-electron chi connectivity index (χ1n) is 5.53. The molecule has 0 saturated carbocycles. The molecule has 1 atom stereocenters. The molecule has 1 fully saturated rings. The van der Waals surface area contributed by atoms with Crippen LogP contribution in [0.4, 0.5) is 0 Å². The van der Waals surface area contributed by atoms with Crippen LogP contribution in [-0.4, -0.2) is 25.0 Å². The van der Waals surface area contributed by atoms with Crippen LogP contribution in [0.1, 0.15) is 18.4 Å². The summed E-state index contributed by atoms with van der Waals surface area (Å²) < 4.78 is 22.9. The zero-order valence-electron chi connectivity index (χ0n) is 9.09. The predicted octanol–water partition coefficient (Wildman–Crippen LogP) is 1.76. The summed E-state index contributed by atoms with van der Waals surface area (Å²) in [5.74, 6) is 1.15. The first-order valence-corrected chi connectivity index (χ1v) is 7.36. The molecule has 16 heavy (non-hydrogen) atoms. The van der Waals surface area contributed by atoms with E-state index >= 15 is 0 Å². The van der Waals surface area contributed by atoms with Crippen LogP contribution in [0.2, 0.25) is 0 Å². The molecule has 1 aromatic rings. The molecular weight excluding hydrogens is 224 g/mol. The van der Waals surface area contributed by atoms with Gasteiger partial charge in [0.1, 0.15) is 5.75 Å². The SMILES string of the molecule is O=S1(=O)CCCC(Cc2ccc(O)cc2)C1. The summed E-state index contributed by atoms with van der Waals surface area (Å²) in [4.78, 5) is 0. The molecule has 0 spiro atoms. The molecule has 2 rings (SSSR count). The molecule has 0 radical (unpaired) electrons. The molecule has 0 bridgehead atoms. The minimum absolute atomic E-state index is 0.239. The average molecular weight is 240 g/mol. The van der Waals surface area contributed by atoms with Gasteiger partial charge in [-0.25, -0.2) is 8.42 Å². The molecule has 3 nitrogen and oxygen atoms in total. The Hall–Kier alpha value is -1.03. The largest absolute Gasteiger partial charge is 0.508 e. The third-order valence-electron chi connectivity index (χ3n) is 3.02. The second-order valence-electron chi connectivity index (χ2n) is 4.49. The number of rotatable bonds is 2. The fourth-order valence-corrected chi connectivity index (χ4v) is 4.02. The number of hydrogen-bond donors (Lipinski definition) is 1. The van der Waals surface area contributed by atoms with E-state index in [0.717, 1.165) is 24.8 Å². The zero-order chi connectivity index (χ0) is 11.6. The summed E-state index contributed by atoms with van der Waals surface area (Å²) in [7, 11) is -2.81. The zero-order valence-corrected chi connectivity index (χ0v) is 9.91. The number of sulfone groups is 1. The second kappa shape index (κ2) is 4.45. The summed E-state index contributed by atoms with van der Waals surface area (Å²) >= 11 is 0. The van der Waals surface area contributed by atoms with E-state index in [-0.39, 0.29) is 11.7 Å². The highest BCUT2D eigenvalue weighted by atomic mass is 32.2. The molecule has 1 N–H and O–H groups in total. The van der Waals surface area contributed by atoms with E-state index in [9.17, 15) is 8.42 Å². The maximum absolute atomic E-state index is 11.5. The highest BCUT2D eigenvalue weighted by Gasteiger charge is 2.24. The van der Waals surface area contributed by atoms with Gasteiger partial charge < -0.3 is 5.11 Å². The summed E-state index contributed by atoms with van der Waals surface area (Å²) in [6.07, 6.45) is 2.56.